The molecule has 0 saturated heterocycles. The van der Waals surface area contributed by atoms with Crippen LogP contribution < -0.4 is 14.8 Å². The van der Waals surface area contributed by atoms with Gasteiger partial charge < -0.3 is 10.1 Å². The second-order valence-electron chi connectivity index (χ2n) is 7.20. The highest BCUT2D eigenvalue weighted by Crippen LogP contribution is 2.17. The van der Waals surface area contributed by atoms with E-state index in [-0.39, 0.29) is 17.4 Å². The van der Waals surface area contributed by atoms with Crippen LogP contribution in [0.4, 0.5) is 0 Å². The van der Waals surface area contributed by atoms with E-state index < -0.39 is 15.6 Å². The molecule has 0 aliphatic carbocycles. The van der Waals surface area contributed by atoms with Crippen LogP contribution in [0.3, 0.4) is 0 Å². The van der Waals surface area contributed by atoms with Gasteiger partial charge in [-0.2, -0.15) is 0 Å². The molecule has 0 aliphatic rings. The van der Waals surface area contributed by atoms with Crippen LogP contribution >= 0.6 is 0 Å². The Bertz CT molecular complexity index is 842. The Morgan fingerprint density at radius 2 is 1.63 bits per heavy atom. The molecule has 1 amide bonds. The molecule has 2 rings (SSSR count). The van der Waals surface area contributed by atoms with Gasteiger partial charge in [-0.05, 0) is 57.0 Å². The van der Waals surface area contributed by atoms with Crippen LogP contribution in [-0.4, -0.2) is 33.0 Å². The summed E-state index contributed by atoms with van der Waals surface area (Å²) in [6, 6.07) is 15.9. The molecule has 0 radical (unpaired) electrons. The van der Waals surface area contributed by atoms with Crippen LogP contribution in [0.25, 0.3) is 0 Å². The molecular weight excluding hydrogens is 364 g/mol. The minimum atomic E-state index is -3.59. The van der Waals surface area contributed by atoms with Crippen molar-refractivity contribution >= 4 is 15.9 Å². The van der Waals surface area contributed by atoms with Crippen molar-refractivity contribution in [3.8, 4) is 5.75 Å². The third-order valence-corrected chi connectivity index (χ3v) is 5.30. The van der Waals surface area contributed by atoms with E-state index >= 15 is 0 Å². The number of rotatable bonds is 8. The van der Waals surface area contributed by atoms with Gasteiger partial charge in [-0.3, -0.25) is 4.79 Å². The van der Waals surface area contributed by atoms with Crippen LogP contribution in [0.15, 0.2) is 59.5 Å². The van der Waals surface area contributed by atoms with Crippen molar-refractivity contribution in [1.29, 1.82) is 0 Å². The summed E-state index contributed by atoms with van der Waals surface area (Å²) in [6.45, 7) is 5.73. The van der Waals surface area contributed by atoms with Gasteiger partial charge in [-0.25, -0.2) is 13.1 Å². The predicted molar refractivity (Wildman–Crippen MR) is 105 cm³/mol. The molecule has 0 fully saturated rings. The van der Waals surface area contributed by atoms with Gasteiger partial charge in [0, 0.05) is 12.1 Å². The van der Waals surface area contributed by atoms with E-state index in [4.69, 9.17) is 4.74 Å². The largest absolute Gasteiger partial charge is 0.484 e. The number of carbonyl (C=O) groups is 1. The summed E-state index contributed by atoms with van der Waals surface area (Å²) in [6.07, 6.45) is 0.750. The molecule has 2 N–H and O–H groups in total. The zero-order chi connectivity index (χ0) is 19.9. The third kappa shape index (κ3) is 7.40. The normalized spacial score (nSPS) is 11.8. The van der Waals surface area contributed by atoms with Crippen LogP contribution in [0.2, 0.25) is 0 Å². The number of sulfonamides is 1. The van der Waals surface area contributed by atoms with Crippen LogP contribution in [0, 0.1) is 0 Å². The molecule has 0 heterocycles. The van der Waals surface area contributed by atoms with Gasteiger partial charge in [-0.15, -0.1) is 0 Å². The molecule has 2 aromatic rings. The van der Waals surface area contributed by atoms with Crippen LogP contribution in [0.1, 0.15) is 26.3 Å². The van der Waals surface area contributed by atoms with E-state index in [2.05, 4.69) is 10.0 Å². The number of amides is 1. The number of hydrogen-bond donors (Lipinski definition) is 2. The predicted octanol–water partition coefficient (Wildman–Crippen LogP) is 2.50. The molecule has 0 aliphatic heterocycles. The topological polar surface area (TPSA) is 84.5 Å². The minimum absolute atomic E-state index is 0.124. The number of nitrogens with one attached hydrogen (secondary N) is 2. The first-order chi connectivity index (χ1) is 12.7. The quantitative estimate of drug-likeness (QED) is 0.725. The second kappa shape index (κ2) is 9.01. The summed E-state index contributed by atoms with van der Waals surface area (Å²) < 4.78 is 32.5. The van der Waals surface area contributed by atoms with E-state index in [0.717, 1.165) is 12.0 Å². The summed E-state index contributed by atoms with van der Waals surface area (Å²) in [5.74, 6) is 0.208. The molecule has 0 bridgehead atoms. The van der Waals surface area contributed by atoms with E-state index in [0.29, 0.717) is 12.3 Å². The highest BCUT2D eigenvalue weighted by atomic mass is 32.2. The van der Waals surface area contributed by atoms with Gasteiger partial charge in [0.05, 0.1) is 4.90 Å². The van der Waals surface area contributed by atoms with Gasteiger partial charge in [0.2, 0.25) is 10.0 Å². The van der Waals surface area contributed by atoms with Crippen LogP contribution in [0.5, 0.6) is 5.75 Å². The molecule has 7 heteroatoms. The van der Waals surface area contributed by atoms with E-state index in [1.807, 2.05) is 30.3 Å². The van der Waals surface area contributed by atoms with Crippen molar-refractivity contribution in [3.05, 3.63) is 60.2 Å². The maximum Gasteiger partial charge on any atom is 0.257 e. The fraction of sp³-hybridized carbons (Fsp3) is 0.350. The standard InChI is InChI=1S/C20H26N2O4S/c1-20(2,3)22-27(24,25)18-11-9-17(10-12-18)26-15-19(23)21-14-13-16-7-5-4-6-8-16/h4-12,22H,13-15H2,1-3H3,(H,21,23). The number of carbonyl (C=O) groups excluding carboxylic acids is 1. The first-order valence-electron chi connectivity index (χ1n) is 8.73. The maximum absolute atomic E-state index is 12.2. The second-order valence-corrected chi connectivity index (χ2v) is 8.88. The summed E-state index contributed by atoms with van der Waals surface area (Å²) in [5, 5.41) is 2.79. The van der Waals surface area contributed by atoms with Crippen molar-refractivity contribution in [1.82, 2.24) is 10.0 Å². The highest BCUT2D eigenvalue weighted by molar-refractivity contribution is 7.89. The third-order valence-electron chi connectivity index (χ3n) is 3.52. The molecule has 27 heavy (non-hydrogen) atoms. The van der Waals surface area contributed by atoms with Gasteiger partial charge in [0.25, 0.3) is 5.91 Å². The molecule has 0 saturated carbocycles. The summed E-state index contributed by atoms with van der Waals surface area (Å²) in [7, 11) is -3.59. The van der Waals surface area contributed by atoms with Crippen molar-refractivity contribution in [3.63, 3.8) is 0 Å². The zero-order valence-electron chi connectivity index (χ0n) is 15.9. The van der Waals surface area contributed by atoms with E-state index in [9.17, 15) is 13.2 Å². The Morgan fingerprint density at radius 3 is 2.22 bits per heavy atom. The Hall–Kier alpha value is -2.38. The maximum atomic E-state index is 12.2. The fourth-order valence-electron chi connectivity index (χ4n) is 2.37. The van der Waals surface area contributed by atoms with Crippen molar-refractivity contribution in [2.45, 2.75) is 37.6 Å². The van der Waals surface area contributed by atoms with Crippen molar-refractivity contribution in [2.75, 3.05) is 13.2 Å². The van der Waals surface area contributed by atoms with Crippen molar-refractivity contribution in [2.24, 2.45) is 0 Å². The number of hydrogen-bond acceptors (Lipinski definition) is 4. The van der Waals surface area contributed by atoms with Crippen LogP contribution in [-0.2, 0) is 21.2 Å². The lowest BCUT2D eigenvalue weighted by atomic mass is 10.1. The molecule has 0 spiro atoms. The lowest BCUT2D eigenvalue weighted by Crippen LogP contribution is -2.40. The molecule has 0 atom stereocenters. The first-order valence-corrected chi connectivity index (χ1v) is 10.2. The van der Waals surface area contributed by atoms with Gasteiger partial charge in [-0.1, -0.05) is 30.3 Å². The van der Waals surface area contributed by atoms with E-state index in [1.165, 1.54) is 24.3 Å². The average Bonchev–Trinajstić information content (AvgIpc) is 2.59. The Kier molecular flexibility index (Phi) is 6.98. The lowest BCUT2D eigenvalue weighted by Gasteiger charge is -2.20. The molecule has 2 aromatic carbocycles. The monoisotopic (exact) mass is 390 g/mol. The summed E-state index contributed by atoms with van der Waals surface area (Å²) in [5.41, 5.74) is 0.589. The minimum Gasteiger partial charge on any atom is -0.484 e. The van der Waals surface area contributed by atoms with Gasteiger partial charge >= 0.3 is 0 Å². The Balaban J connectivity index is 1.80. The number of ether oxygens (including phenoxy) is 1. The smallest absolute Gasteiger partial charge is 0.257 e. The number of benzene rings is 2. The zero-order valence-corrected chi connectivity index (χ0v) is 16.7. The van der Waals surface area contributed by atoms with Gasteiger partial charge in [0.15, 0.2) is 6.61 Å². The summed E-state index contributed by atoms with van der Waals surface area (Å²) >= 11 is 0. The first kappa shape index (κ1) is 20.9. The lowest BCUT2D eigenvalue weighted by molar-refractivity contribution is -0.123. The molecule has 0 unspecified atom stereocenters. The molecule has 6 nitrogen and oxygen atoms in total. The average molecular weight is 391 g/mol. The molecule has 0 aromatic heterocycles. The van der Waals surface area contributed by atoms with Crippen molar-refractivity contribution < 1.29 is 17.9 Å². The van der Waals surface area contributed by atoms with E-state index in [1.54, 1.807) is 20.8 Å². The Morgan fingerprint density at radius 1 is 1.00 bits per heavy atom. The SMILES string of the molecule is CC(C)(C)NS(=O)(=O)c1ccc(OCC(=O)NCCc2ccccc2)cc1. The Labute approximate surface area is 161 Å². The van der Waals surface area contributed by atoms with Gasteiger partial charge in [0.1, 0.15) is 5.75 Å². The summed E-state index contributed by atoms with van der Waals surface area (Å²) in [4.78, 5) is 12.0. The molecular formula is C20H26N2O4S. The fourth-order valence-corrected chi connectivity index (χ4v) is 3.79. The highest BCUT2D eigenvalue weighted by Gasteiger charge is 2.21. The molecule has 146 valence electrons.